The lowest BCUT2D eigenvalue weighted by Crippen LogP contribution is -2.52. The molecule has 3 rings (SSSR count). The molecule has 0 bridgehead atoms. The predicted molar refractivity (Wildman–Crippen MR) is 157 cm³/mol. The minimum absolute atomic E-state index is 0.136. The number of carbonyl (C=O) groups excluding carboxylic acids is 1. The average molecular weight is 556 g/mol. The first-order valence-corrected chi connectivity index (χ1v) is 14.6. The van der Waals surface area contributed by atoms with Crippen LogP contribution in [0.3, 0.4) is 0 Å². The molecular formula is C33H49NO6. The molecule has 0 saturated heterocycles. The zero-order valence-corrected chi connectivity index (χ0v) is 25.2. The number of hydrogen-bond acceptors (Lipinski definition) is 6. The van der Waals surface area contributed by atoms with Gasteiger partial charge in [0.15, 0.2) is 0 Å². The molecule has 1 aliphatic carbocycles. The smallest absolute Gasteiger partial charge is 0.410 e. The highest BCUT2D eigenvalue weighted by Gasteiger charge is 2.50. The van der Waals surface area contributed by atoms with E-state index in [1.54, 1.807) is 11.9 Å². The second-order valence-corrected chi connectivity index (χ2v) is 12.2. The third-order valence-corrected chi connectivity index (χ3v) is 7.20. The van der Waals surface area contributed by atoms with Crippen LogP contribution in [0.25, 0.3) is 0 Å². The average Bonchev–Trinajstić information content (AvgIpc) is 3.26. The van der Waals surface area contributed by atoms with Gasteiger partial charge in [-0.2, -0.15) is 0 Å². The second kappa shape index (κ2) is 15.0. The summed E-state index contributed by atoms with van der Waals surface area (Å²) in [7, 11) is 1.73. The van der Waals surface area contributed by atoms with Crippen molar-refractivity contribution in [1.29, 1.82) is 0 Å². The Kier molecular flexibility index (Phi) is 12.0. The van der Waals surface area contributed by atoms with Crippen molar-refractivity contribution in [2.45, 2.75) is 115 Å². The number of aliphatic hydroxyl groups is 1. The lowest BCUT2D eigenvalue weighted by Gasteiger charge is -2.36. The fourth-order valence-electron chi connectivity index (χ4n) is 5.05. The molecule has 222 valence electrons. The number of ether oxygens (including phenoxy) is 4. The van der Waals surface area contributed by atoms with Gasteiger partial charge >= 0.3 is 6.09 Å². The molecule has 1 unspecified atom stereocenters. The van der Waals surface area contributed by atoms with Crippen LogP contribution in [0.1, 0.15) is 77.8 Å². The van der Waals surface area contributed by atoms with Gasteiger partial charge in [-0.3, -0.25) is 0 Å². The zero-order valence-electron chi connectivity index (χ0n) is 25.2. The molecule has 0 radical (unpaired) electrons. The summed E-state index contributed by atoms with van der Waals surface area (Å²) in [6.45, 7) is 10.5. The maximum atomic E-state index is 13.3. The van der Waals surface area contributed by atoms with Crippen molar-refractivity contribution >= 4 is 6.09 Å². The minimum Gasteiger partial charge on any atom is -0.444 e. The fourth-order valence-corrected chi connectivity index (χ4v) is 5.05. The lowest BCUT2D eigenvalue weighted by molar-refractivity contribution is -0.127. The van der Waals surface area contributed by atoms with Gasteiger partial charge in [0, 0.05) is 13.5 Å². The molecule has 1 amide bonds. The summed E-state index contributed by atoms with van der Waals surface area (Å²) in [5, 5.41) is 11.1. The summed E-state index contributed by atoms with van der Waals surface area (Å²) in [6, 6.07) is 19.5. The highest BCUT2D eigenvalue weighted by molar-refractivity contribution is 5.68. The van der Waals surface area contributed by atoms with Crippen molar-refractivity contribution in [3.8, 4) is 0 Å². The quantitative estimate of drug-likeness (QED) is 0.268. The van der Waals surface area contributed by atoms with Gasteiger partial charge in [-0.25, -0.2) is 4.79 Å². The van der Waals surface area contributed by atoms with Crippen LogP contribution in [0, 0.1) is 0 Å². The number of benzene rings is 2. The van der Waals surface area contributed by atoms with Crippen LogP contribution < -0.4 is 0 Å². The van der Waals surface area contributed by atoms with Crippen molar-refractivity contribution in [2.75, 3.05) is 13.7 Å². The number of likely N-dealkylation sites (N-methyl/N-ethyl adjacent to an activating group) is 1. The largest absolute Gasteiger partial charge is 0.444 e. The first-order valence-electron chi connectivity index (χ1n) is 14.6. The molecule has 5 atom stereocenters. The normalized spacial score (nSPS) is 22.6. The van der Waals surface area contributed by atoms with Crippen molar-refractivity contribution in [1.82, 2.24) is 4.90 Å². The van der Waals surface area contributed by atoms with Crippen molar-refractivity contribution in [2.24, 2.45) is 0 Å². The summed E-state index contributed by atoms with van der Waals surface area (Å²) in [4.78, 5) is 14.9. The van der Waals surface area contributed by atoms with Crippen LogP contribution in [0.15, 0.2) is 60.7 Å². The van der Waals surface area contributed by atoms with E-state index >= 15 is 0 Å². The summed E-state index contributed by atoms with van der Waals surface area (Å²) in [5.74, 6) is 0. The molecule has 0 aliphatic heterocycles. The third-order valence-electron chi connectivity index (χ3n) is 7.20. The molecule has 0 heterocycles. The molecule has 7 nitrogen and oxygen atoms in total. The van der Waals surface area contributed by atoms with Gasteiger partial charge in [0.05, 0.1) is 43.7 Å². The van der Waals surface area contributed by atoms with Gasteiger partial charge < -0.3 is 29.0 Å². The molecule has 40 heavy (non-hydrogen) atoms. The molecule has 0 aromatic heterocycles. The van der Waals surface area contributed by atoms with Gasteiger partial charge in [0.25, 0.3) is 0 Å². The van der Waals surface area contributed by atoms with Crippen molar-refractivity contribution in [3.63, 3.8) is 0 Å². The van der Waals surface area contributed by atoms with Gasteiger partial charge in [-0.1, -0.05) is 86.8 Å². The van der Waals surface area contributed by atoms with E-state index in [1.807, 2.05) is 88.4 Å². The van der Waals surface area contributed by atoms with Gasteiger partial charge in [-0.05, 0) is 45.2 Å². The minimum atomic E-state index is -0.989. The number of rotatable bonds is 14. The Hall–Kier alpha value is -2.45. The zero-order chi connectivity index (χ0) is 29.2. The lowest BCUT2D eigenvalue weighted by atomic mass is 9.99. The first kappa shape index (κ1) is 32.1. The molecule has 2 aromatic rings. The molecule has 1 fully saturated rings. The number of nitrogens with zero attached hydrogens (tertiary/aromatic N) is 1. The van der Waals surface area contributed by atoms with E-state index in [0.29, 0.717) is 26.1 Å². The molecule has 1 N–H and O–H groups in total. The molecular weight excluding hydrogens is 506 g/mol. The van der Waals surface area contributed by atoms with E-state index in [9.17, 15) is 9.90 Å². The van der Waals surface area contributed by atoms with Crippen LogP contribution in [-0.4, -0.2) is 65.3 Å². The highest BCUT2D eigenvalue weighted by Crippen LogP contribution is 2.34. The van der Waals surface area contributed by atoms with Gasteiger partial charge in [0.2, 0.25) is 0 Å². The topological polar surface area (TPSA) is 77.5 Å². The van der Waals surface area contributed by atoms with Crippen LogP contribution in [-0.2, 0) is 32.2 Å². The van der Waals surface area contributed by atoms with Crippen molar-refractivity contribution < 1.29 is 28.8 Å². The van der Waals surface area contributed by atoms with Crippen LogP contribution in [0.5, 0.6) is 0 Å². The molecule has 0 spiro atoms. The fraction of sp³-hybridized carbons (Fsp3) is 0.606. The Morgan fingerprint density at radius 2 is 1.43 bits per heavy atom. The van der Waals surface area contributed by atoms with E-state index < -0.39 is 29.4 Å². The summed E-state index contributed by atoms with van der Waals surface area (Å²) in [6.07, 6.45) is 2.59. The van der Waals surface area contributed by atoms with Gasteiger partial charge in [0.1, 0.15) is 11.7 Å². The Bertz CT molecular complexity index is 1010. The van der Waals surface area contributed by atoms with E-state index in [4.69, 9.17) is 18.9 Å². The number of unbranched alkanes of at least 4 members (excludes halogenated alkanes) is 2. The molecule has 2 aromatic carbocycles. The monoisotopic (exact) mass is 555 g/mol. The van der Waals surface area contributed by atoms with Crippen molar-refractivity contribution in [3.05, 3.63) is 71.8 Å². The maximum absolute atomic E-state index is 13.3. The van der Waals surface area contributed by atoms with Crippen LogP contribution in [0.4, 0.5) is 4.79 Å². The number of amides is 1. The van der Waals surface area contributed by atoms with E-state index in [2.05, 4.69) is 6.92 Å². The Morgan fingerprint density at radius 1 is 0.875 bits per heavy atom. The summed E-state index contributed by atoms with van der Waals surface area (Å²) >= 11 is 0. The van der Waals surface area contributed by atoms with Crippen LogP contribution in [0.2, 0.25) is 0 Å². The highest BCUT2D eigenvalue weighted by atomic mass is 16.6. The Morgan fingerprint density at radius 3 is 1.95 bits per heavy atom. The molecule has 1 saturated carbocycles. The Labute approximate surface area is 240 Å². The first-order chi connectivity index (χ1) is 19.0. The number of hydrogen-bond donors (Lipinski definition) is 1. The standard InChI is InChI=1S/C33H49NO6/c1-7-8-15-20-33(5,36)24-39-30-28(38-23-26-18-13-10-14-19-26)21-27(37-22-25-16-11-9-12-17-25)29(30)34(6)31(35)40-32(2,3)4/h9-14,16-19,27-30,36H,7-8,15,20-24H2,1-6H3/t27-,28+,29+,30+,33?/m1/s1. The van der Waals surface area contributed by atoms with Crippen LogP contribution >= 0.6 is 0 Å². The molecule has 1 aliphatic rings. The Balaban J connectivity index is 1.85. The third kappa shape index (κ3) is 10.2. The van der Waals surface area contributed by atoms with Gasteiger partial charge in [-0.15, -0.1) is 0 Å². The van der Waals surface area contributed by atoms with E-state index in [-0.39, 0.29) is 18.8 Å². The van der Waals surface area contributed by atoms with E-state index in [0.717, 1.165) is 30.4 Å². The summed E-state index contributed by atoms with van der Waals surface area (Å²) < 4.78 is 25.1. The summed E-state index contributed by atoms with van der Waals surface area (Å²) in [5.41, 5.74) is 0.467. The maximum Gasteiger partial charge on any atom is 0.410 e. The SMILES string of the molecule is CCCCCC(C)(O)CO[C@@H]1[C@@H](N(C)C(=O)OC(C)(C)C)[C@H](OCc2ccccc2)C[C@@H]1OCc1ccccc1. The number of carbonyl (C=O) groups is 1. The van der Waals surface area contributed by atoms with E-state index in [1.165, 1.54) is 0 Å². The molecule has 7 heteroatoms. The predicted octanol–water partition coefficient (Wildman–Crippen LogP) is 6.51. The second-order valence-electron chi connectivity index (χ2n) is 12.2.